The third-order valence-corrected chi connectivity index (χ3v) is 1.34. The van der Waals surface area contributed by atoms with Crippen LogP contribution >= 0.6 is 0 Å². The summed E-state index contributed by atoms with van der Waals surface area (Å²) in [6.07, 6.45) is 0. The molecule has 0 atom stereocenters. The number of hydrogen-bond donors (Lipinski definition) is 1. The first-order valence-electron chi connectivity index (χ1n) is 3.12. The molecule has 0 aliphatic heterocycles. The second-order valence-corrected chi connectivity index (χ2v) is 2.25. The lowest BCUT2D eigenvalue weighted by Gasteiger charge is -1.98. The quantitative estimate of drug-likeness (QED) is 0.602. The van der Waals surface area contributed by atoms with Crippen molar-refractivity contribution in [3.63, 3.8) is 0 Å². The van der Waals surface area contributed by atoms with E-state index in [1.54, 1.807) is 0 Å². The molecule has 1 nitrogen and oxygen atoms in total. The van der Waals surface area contributed by atoms with Gasteiger partial charge in [-0.2, -0.15) is 0 Å². The molecule has 0 amide bonds. The first-order chi connectivity index (χ1) is 5.11. The zero-order valence-corrected chi connectivity index (χ0v) is 5.99. The second-order valence-electron chi connectivity index (χ2n) is 2.25. The molecular weight excluding hydrogens is 148 g/mol. The van der Waals surface area contributed by atoms with Crippen LogP contribution in [-0.2, 0) is 0 Å². The van der Waals surface area contributed by atoms with Crippen LogP contribution in [0.1, 0.15) is 12.5 Å². The van der Waals surface area contributed by atoms with Gasteiger partial charge in [-0.1, -0.05) is 0 Å². The van der Waals surface area contributed by atoms with Gasteiger partial charge in [0.1, 0.15) is 11.6 Å². The molecule has 11 heavy (non-hydrogen) atoms. The van der Waals surface area contributed by atoms with Gasteiger partial charge in [0.25, 0.3) is 0 Å². The van der Waals surface area contributed by atoms with E-state index in [0.717, 1.165) is 12.1 Å². The Kier molecular flexibility index (Phi) is 1.98. The molecule has 58 valence electrons. The summed E-state index contributed by atoms with van der Waals surface area (Å²) in [5.74, 6) is -1.30. The van der Waals surface area contributed by atoms with Gasteiger partial charge in [-0.15, -0.1) is 0 Å². The van der Waals surface area contributed by atoms with Gasteiger partial charge in [-0.3, -0.25) is 0 Å². The maximum absolute atomic E-state index is 12.7. The highest BCUT2D eigenvalue weighted by Gasteiger charge is 2.03. The van der Waals surface area contributed by atoms with Crippen molar-refractivity contribution in [2.75, 3.05) is 0 Å². The van der Waals surface area contributed by atoms with Crippen molar-refractivity contribution in [3.8, 4) is 0 Å². The Morgan fingerprint density at radius 3 is 2.45 bits per heavy atom. The van der Waals surface area contributed by atoms with Crippen molar-refractivity contribution in [2.45, 2.75) is 6.92 Å². The van der Waals surface area contributed by atoms with Gasteiger partial charge < -0.3 is 5.41 Å². The fraction of sp³-hybridized carbons (Fsp3) is 0.125. The minimum Gasteiger partial charge on any atom is -0.305 e. The second kappa shape index (κ2) is 2.78. The number of benzene rings is 1. The third-order valence-electron chi connectivity index (χ3n) is 1.34. The highest BCUT2D eigenvalue weighted by molar-refractivity contribution is 5.96. The summed E-state index contributed by atoms with van der Waals surface area (Å²) in [5, 5.41) is 7.08. The summed E-state index contributed by atoms with van der Waals surface area (Å²) in [6, 6.07) is 3.16. The lowest BCUT2D eigenvalue weighted by Crippen LogP contribution is -1.96. The van der Waals surface area contributed by atoms with Crippen molar-refractivity contribution in [2.24, 2.45) is 0 Å². The van der Waals surface area contributed by atoms with Gasteiger partial charge in [0.2, 0.25) is 0 Å². The van der Waals surface area contributed by atoms with E-state index >= 15 is 0 Å². The van der Waals surface area contributed by atoms with E-state index in [1.807, 2.05) is 0 Å². The van der Waals surface area contributed by atoms with E-state index in [0.29, 0.717) is 0 Å². The van der Waals surface area contributed by atoms with Gasteiger partial charge >= 0.3 is 0 Å². The molecule has 0 aliphatic rings. The van der Waals surface area contributed by atoms with Crippen LogP contribution in [0.4, 0.5) is 8.78 Å². The highest BCUT2D eigenvalue weighted by atomic mass is 19.1. The van der Waals surface area contributed by atoms with E-state index in [-0.39, 0.29) is 11.3 Å². The average molecular weight is 155 g/mol. The summed E-state index contributed by atoms with van der Waals surface area (Å²) >= 11 is 0. The van der Waals surface area contributed by atoms with Crippen LogP contribution in [0.2, 0.25) is 0 Å². The van der Waals surface area contributed by atoms with Crippen LogP contribution in [0.5, 0.6) is 0 Å². The molecule has 1 aromatic rings. The normalized spacial score (nSPS) is 9.73. The molecule has 0 bridgehead atoms. The van der Waals surface area contributed by atoms with E-state index < -0.39 is 11.6 Å². The largest absolute Gasteiger partial charge is 0.305 e. The molecule has 1 aromatic carbocycles. The van der Waals surface area contributed by atoms with E-state index in [4.69, 9.17) is 5.41 Å². The highest BCUT2D eigenvalue weighted by Crippen LogP contribution is 2.09. The van der Waals surface area contributed by atoms with E-state index in [1.165, 1.54) is 13.0 Å². The number of nitrogens with one attached hydrogen (secondary N) is 1. The topological polar surface area (TPSA) is 23.9 Å². The Balaban J connectivity index is 3.20. The Hall–Kier alpha value is -1.25. The molecule has 0 saturated heterocycles. The average Bonchev–Trinajstić information content (AvgIpc) is 1.85. The fourth-order valence-corrected chi connectivity index (χ4v) is 0.794. The van der Waals surface area contributed by atoms with Crippen LogP contribution in [0.25, 0.3) is 0 Å². The monoisotopic (exact) mass is 155 g/mol. The van der Waals surface area contributed by atoms with E-state index in [9.17, 15) is 8.78 Å². The zero-order chi connectivity index (χ0) is 8.43. The smallest absolute Gasteiger partial charge is 0.135 e. The van der Waals surface area contributed by atoms with Gasteiger partial charge in [0.05, 0.1) is 0 Å². The predicted octanol–water partition coefficient (Wildman–Crippen LogP) is 2.35. The number of hydrogen-bond acceptors (Lipinski definition) is 1. The lowest BCUT2D eigenvalue weighted by molar-refractivity contribution is 0.581. The Morgan fingerprint density at radius 1 is 1.36 bits per heavy atom. The van der Waals surface area contributed by atoms with Gasteiger partial charge in [0, 0.05) is 17.3 Å². The summed E-state index contributed by atoms with van der Waals surface area (Å²) in [5.41, 5.74) is 0.244. The standard InChI is InChI=1S/C8H7F2N/c1-5(11)7-3-2-6(9)4-8(7)10/h2-4,11H,1H3. The molecule has 1 N–H and O–H groups in total. The van der Waals surface area contributed by atoms with Crippen LogP contribution in [0.15, 0.2) is 18.2 Å². The molecule has 0 aliphatic carbocycles. The summed E-state index contributed by atoms with van der Waals surface area (Å²) in [7, 11) is 0. The summed E-state index contributed by atoms with van der Waals surface area (Å²) < 4.78 is 25.0. The molecule has 0 aromatic heterocycles. The van der Waals surface area contributed by atoms with Crippen molar-refractivity contribution in [1.82, 2.24) is 0 Å². The summed E-state index contributed by atoms with van der Waals surface area (Å²) in [6.45, 7) is 1.45. The Morgan fingerprint density at radius 2 is 2.00 bits per heavy atom. The first-order valence-corrected chi connectivity index (χ1v) is 3.12. The number of halogens is 2. The van der Waals surface area contributed by atoms with Crippen molar-refractivity contribution < 1.29 is 8.78 Å². The minimum absolute atomic E-state index is 0.0995. The van der Waals surface area contributed by atoms with Crippen molar-refractivity contribution in [3.05, 3.63) is 35.4 Å². The van der Waals surface area contributed by atoms with Gasteiger partial charge in [-0.25, -0.2) is 8.78 Å². The van der Waals surface area contributed by atoms with E-state index in [2.05, 4.69) is 0 Å². The maximum atomic E-state index is 12.7. The van der Waals surface area contributed by atoms with Crippen molar-refractivity contribution in [1.29, 1.82) is 5.41 Å². The van der Waals surface area contributed by atoms with Gasteiger partial charge in [-0.05, 0) is 19.1 Å². The molecule has 0 saturated carbocycles. The molecule has 0 unspecified atom stereocenters. The predicted molar refractivity (Wildman–Crippen MR) is 38.9 cm³/mol. The molecular formula is C8H7F2N. The maximum Gasteiger partial charge on any atom is 0.135 e. The van der Waals surface area contributed by atoms with Crippen LogP contribution in [-0.4, -0.2) is 5.71 Å². The molecule has 0 spiro atoms. The Labute approximate surface area is 63.2 Å². The lowest BCUT2D eigenvalue weighted by atomic mass is 10.1. The molecule has 1 rings (SSSR count). The Bertz CT molecular complexity index is 294. The van der Waals surface area contributed by atoms with Crippen LogP contribution < -0.4 is 0 Å². The van der Waals surface area contributed by atoms with Crippen LogP contribution in [0.3, 0.4) is 0 Å². The molecule has 0 radical (unpaired) electrons. The first kappa shape index (κ1) is 7.85. The molecule has 0 fully saturated rings. The van der Waals surface area contributed by atoms with Gasteiger partial charge in [0.15, 0.2) is 0 Å². The minimum atomic E-state index is -0.683. The fourth-order valence-electron chi connectivity index (χ4n) is 0.794. The van der Waals surface area contributed by atoms with Crippen LogP contribution in [0, 0.1) is 17.0 Å². The molecule has 0 heterocycles. The van der Waals surface area contributed by atoms with Crippen molar-refractivity contribution >= 4 is 5.71 Å². The summed E-state index contributed by atoms with van der Waals surface area (Å²) in [4.78, 5) is 0. The molecule has 3 heteroatoms. The SMILES string of the molecule is CC(=N)c1ccc(F)cc1F. The number of rotatable bonds is 1. The zero-order valence-electron chi connectivity index (χ0n) is 5.99. The third kappa shape index (κ3) is 1.61.